The Morgan fingerprint density at radius 2 is 1.94 bits per heavy atom. The van der Waals surface area contributed by atoms with Crippen molar-refractivity contribution in [2.24, 2.45) is 0 Å². The highest BCUT2D eigenvalue weighted by molar-refractivity contribution is 5.97. The minimum Gasteiger partial charge on any atom is -0.491 e. The lowest BCUT2D eigenvalue weighted by molar-refractivity contribution is -0.0141. The van der Waals surface area contributed by atoms with Gasteiger partial charge in [-0.15, -0.1) is 0 Å². The van der Waals surface area contributed by atoms with Crippen molar-refractivity contribution in [2.45, 2.75) is 64.1 Å². The molecule has 1 atom stereocenters. The molecule has 2 aliphatic rings. The van der Waals surface area contributed by atoms with Gasteiger partial charge in [-0.05, 0) is 82.3 Å². The normalized spacial score (nSPS) is 18.3. The molecule has 1 aliphatic carbocycles. The third-order valence-electron chi connectivity index (χ3n) is 6.93. The van der Waals surface area contributed by atoms with E-state index in [4.69, 9.17) is 9.47 Å². The fraction of sp³-hybridized carbons (Fsp3) is 0.414. The molecule has 0 bridgehead atoms. The average Bonchev–Trinajstić information content (AvgIpc) is 3.58. The smallest absolute Gasteiger partial charge is 0.410 e. The summed E-state index contributed by atoms with van der Waals surface area (Å²) in [6.07, 6.45) is 4.12. The summed E-state index contributed by atoms with van der Waals surface area (Å²) in [5.41, 5.74) is 2.61. The van der Waals surface area contributed by atoms with E-state index in [2.05, 4.69) is 22.4 Å². The van der Waals surface area contributed by atoms with E-state index in [1.54, 1.807) is 17.2 Å². The first kappa shape index (κ1) is 24.1. The van der Waals surface area contributed by atoms with Crippen LogP contribution in [0.3, 0.4) is 0 Å². The van der Waals surface area contributed by atoms with Crippen molar-refractivity contribution in [3.63, 3.8) is 0 Å². The zero-order chi connectivity index (χ0) is 25.5. The predicted molar refractivity (Wildman–Crippen MR) is 138 cm³/mol. The van der Waals surface area contributed by atoms with Gasteiger partial charge in [0.2, 0.25) is 0 Å². The van der Waals surface area contributed by atoms with Gasteiger partial charge in [0.25, 0.3) is 5.91 Å². The summed E-state index contributed by atoms with van der Waals surface area (Å²) in [7, 11) is 0. The number of aromatic nitrogens is 1. The monoisotopic (exact) mass is 487 g/mol. The van der Waals surface area contributed by atoms with Crippen molar-refractivity contribution in [3.05, 3.63) is 71.4 Å². The minimum atomic E-state index is -0.529. The average molecular weight is 488 g/mol. The quantitative estimate of drug-likeness (QED) is 0.507. The summed E-state index contributed by atoms with van der Waals surface area (Å²) in [4.78, 5) is 32.0. The molecule has 1 N–H and O–H groups in total. The Morgan fingerprint density at radius 1 is 1.14 bits per heavy atom. The van der Waals surface area contributed by atoms with Crippen molar-refractivity contribution < 1.29 is 19.1 Å². The first-order valence-electron chi connectivity index (χ1n) is 12.6. The number of ether oxygens (including phenoxy) is 2. The highest BCUT2D eigenvalue weighted by Crippen LogP contribution is 2.48. The highest BCUT2D eigenvalue weighted by Gasteiger charge is 2.47. The van der Waals surface area contributed by atoms with E-state index in [0.29, 0.717) is 24.5 Å². The molecule has 1 unspecified atom stereocenters. The molecule has 188 valence electrons. The Bertz CT molecular complexity index is 1300. The maximum atomic E-state index is 13.4. The molecule has 36 heavy (non-hydrogen) atoms. The predicted octanol–water partition coefficient (Wildman–Crippen LogP) is 5.35. The van der Waals surface area contributed by atoms with Gasteiger partial charge >= 0.3 is 6.09 Å². The molecular formula is C29H33N3O4. The third kappa shape index (κ3) is 4.87. The lowest BCUT2D eigenvalue weighted by atomic mass is 9.98. The molecule has 3 aromatic rings. The Kier molecular flexibility index (Phi) is 6.10. The first-order valence-corrected chi connectivity index (χ1v) is 12.6. The zero-order valence-electron chi connectivity index (χ0n) is 21.3. The number of amides is 2. The van der Waals surface area contributed by atoms with E-state index in [-0.39, 0.29) is 23.6 Å². The molecule has 0 spiro atoms. The van der Waals surface area contributed by atoms with Crippen molar-refractivity contribution in [1.82, 2.24) is 15.2 Å². The van der Waals surface area contributed by atoms with Gasteiger partial charge in [0.1, 0.15) is 18.0 Å². The van der Waals surface area contributed by atoms with E-state index in [0.717, 1.165) is 41.3 Å². The number of rotatable bonds is 6. The van der Waals surface area contributed by atoms with Crippen molar-refractivity contribution in [2.75, 3.05) is 13.2 Å². The molecule has 2 amide bonds. The van der Waals surface area contributed by atoms with Gasteiger partial charge in [-0.3, -0.25) is 9.78 Å². The van der Waals surface area contributed by atoms with Gasteiger partial charge < -0.3 is 19.7 Å². The van der Waals surface area contributed by atoms with Crippen LogP contribution in [-0.4, -0.2) is 46.7 Å². The number of hydrogen-bond donors (Lipinski definition) is 1. The molecule has 1 saturated carbocycles. The van der Waals surface area contributed by atoms with Crippen LogP contribution in [0.25, 0.3) is 10.9 Å². The van der Waals surface area contributed by atoms with Crippen molar-refractivity contribution >= 4 is 22.9 Å². The van der Waals surface area contributed by atoms with Crippen LogP contribution in [0.5, 0.6) is 5.75 Å². The van der Waals surface area contributed by atoms with Gasteiger partial charge in [-0.1, -0.05) is 24.3 Å². The number of pyridine rings is 1. The molecule has 5 rings (SSSR count). The van der Waals surface area contributed by atoms with Gasteiger partial charge in [0.15, 0.2) is 0 Å². The molecule has 1 aromatic heterocycles. The summed E-state index contributed by atoms with van der Waals surface area (Å²) in [6, 6.07) is 15.6. The molecule has 1 saturated heterocycles. The summed E-state index contributed by atoms with van der Waals surface area (Å²) in [5.74, 6) is 0.497. The molecule has 2 aromatic carbocycles. The largest absolute Gasteiger partial charge is 0.491 e. The van der Waals surface area contributed by atoms with Gasteiger partial charge in [0, 0.05) is 23.7 Å². The Morgan fingerprint density at radius 3 is 2.64 bits per heavy atom. The standard InChI is InChI=1S/C29H33N3O4/c1-19-10-11-21(35-18-20-12-16-32(20)27(34)36-28(2,3)4)17-23(19)26(33)31-29(13-14-29)24-8-5-9-25-22(24)7-6-15-30-25/h5-11,15,17,20H,12-14,16,18H2,1-4H3,(H,31,33). The van der Waals surface area contributed by atoms with Crippen molar-refractivity contribution in [3.8, 4) is 5.75 Å². The molecule has 7 nitrogen and oxygen atoms in total. The van der Waals surface area contributed by atoms with E-state index < -0.39 is 5.60 Å². The van der Waals surface area contributed by atoms with Gasteiger partial charge in [-0.2, -0.15) is 0 Å². The van der Waals surface area contributed by atoms with E-state index in [9.17, 15) is 9.59 Å². The van der Waals surface area contributed by atoms with Gasteiger partial charge in [-0.25, -0.2) is 4.79 Å². The van der Waals surface area contributed by atoms with Gasteiger partial charge in [0.05, 0.1) is 17.1 Å². The fourth-order valence-corrected chi connectivity index (χ4v) is 4.69. The molecule has 2 fully saturated rings. The second-order valence-corrected chi connectivity index (χ2v) is 10.8. The summed E-state index contributed by atoms with van der Waals surface area (Å²) >= 11 is 0. The number of hydrogen-bond acceptors (Lipinski definition) is 5. The van der Waals surface area contributed by atoms with Crippen LogP contribution in [0.4, 0.5) is 4.79 Å². The second-order valence-electron chi connectivity index (χ2n) is 10.8. The first-order chi connectivity index (χ1) is 17.2. The van der Waals surface area contributed by atoms with E-state index in [1.165, 1.54) is 0 Å². The van der Waals surface area contributed by atoms with Crippen molar-refractivity contribution in [1.29, 1.82) is 0 Å². The number of aryl methyl sites for hydroxylation is 1. The van der Waals surface area contributed by atoms with Crippen LogP contribution in [0.2, 0.25) is 0 Å². The van der Waals surface area contributed by atoms with E-state index in [1.807, 2.05) is 58.0 Å². The molecule has 7 heteroatoms. The van der Waals surface area contributed by atoms with E-state index >= 15 is 0 Å². The summed E-state index contributed by atoms with van der Waals surface area (Å²) in [5, 5.41) is 4.37. The maximum absolute atomic E-state index is 13.4. The number of fused-ring (bicyclic) bond motifs is 1. The van der Waals surface area contributed by atoms with Crippen LogP contribution in [0.15, 0.2) is 54.7 Å². The minimum absolute atomic E-state index is 0.0341. The Balaban J connectivity index is 1.27. The third-order valence-corrected chi connectivity index (χ3v) is 6.93. The molecule has 1 aliphatic heterocycles. The molecule has 2 heterocycles. The van der Waals surface area contributed by atoms with Crippen LogP contribution >= 0.6 is 0 Å². The highest BCUT2D eigenvalue weighted by atomic mass is 16.6. The lowest BCUT2D eigenvalue weighted by Crippen LogP contribution is -2.55. The fourth-order valence-electron chi connectivity index (χ4n) is 4.69. The number of carbonyl (C=O) groups excluding carboxylic acids is 2. The summed E-state index contributed by atoms with van der Waals surface area (Å²) in [6.45, 7) is 8.52. The summed E-state index contributed by atoms with van der Waals surface area (Å²) < 4.78 is 11.5. The number of benzene rings is 2. The zero-order valence-corrected chi connectivity index (χ0v) is 21.3. The Labute approximate surface area is 211 Å². The topological polar surface area (TPSA) is 80.8 Å². The van der Waals surface area contributed by atoms with Crippen LogP contribution < -0.4 is 10.1 Å². The maximum Gasteiger partial charge on any atom is 0.410 e. The number of likely N-dealkylation sites (tertiary alicyclic amines) is 1. The SMILES string of the molecule is Cc1ccc(OCC2CCN2C(=O)OC(C)(C)C)cc1C(=O)NC1(c2cccc3ncccc23)CC1. The number of carbonyl (C=O) groups is 2. The van der Waals surface area contributed by atoms with Crippen LogP contribution in [0, 0.1) is 6.92 Å². The number of nitrogens with zero attached hydrogens (tertiary/aromatic N) is 2. The molecular weight excluding hydrogens is 454 g/mol. The lowest BCUT2D eigenvalue weighted by Gasteiger charge is -2.41. The van der Waals surface area contributed by atoms with Crippen LogP contribution in [0.1, 0.15) is 61.5 Å². The second kappa shape index (κ2) is 9.12. The molecule has 0 radical (unpaired) electrons. The van der Waals surface area contributed by atoms with Crippen LogP contribution in [-0.2, 0) is 10.3 Å². The Hall–Kier alpha value is -3.61. The number of nitrogens with one attached hydrogen (secondary N) is 1.